The second kappa shape index (κ2) is 10.7. The molecule has 0 amide bonds. The predicted molar refractivity (Wildman–Crippen MR) is 127 cm³/mol. The van der Waals surface area contributed by atoms with Crippen LogP contribution in [0.1, 0.15) is 25.0 Å². The molecule has 1 heterocycles. The molecule has 0 aromatic heterocycles. The Morgan fingerprint density at radius 3 is 2.31 bits per heavy atom. The fourth-order valence-corrected chi connectivity index (χ4v) is 4.86. The van der Waals surface area contributed by atoms with Gasteiger partial charge in [-0.3, -0.25) is 4.79 Å². The molecule has 3 atom stereocenters. The summed E-state index contributed by atoms with van der Waals surface area (Å²) in [6.45, 7) is 4.60. The lowest BCUT2D eigenvalue weighted by molar-refractivity contribution is -0.114. The van der Waals surface area contributed by atoms with Gasteiger partial charge in [-0.2, -0.15) is 0 Å². The number of hydrogen-bond acceptors (Lipinski definition) is 5. The van der Waals surface area contributed by atoms with E-state index in [1.54, 1.807) is 12.1 Å². The van der Waals surface area contributed by atoms with E-state index in [1.807, 2.05) is 38.1 Å². The molecule has 0 aliphatic carbocycles. The van der Waals surface area contributed by atoms with Crippen LogP contribution in [-0.4, -0.2) is 46.2 Å². The number of aliphatic hydroxyl groups is 1. The molecule has 1 saturated heterocycles. The lowest BCUT2D eigenvalue weighted by Crippen LogP contribution is -2.21. The number of benzene rings is 2. The van der Waals surface area contributed by atoms with Crippen molar-refractivity contribution in [3.8, 4) is 11.5 Å². The third kappa shape index (κ3) is 5.76. The van der Waals surface area contributed by atoms with Gasteiger partial charge in [-0.15, -0.1) is 11.6 Å². The maximum atomic E-state index is 11.7. The average molecular weight is 521 g/mol. The van der Waals surface area contributed by atoms with E-state index in [0.717, 1.165) is 11.1 Å². The van der Waals surface area contributed by atoms with E-state index in [2.05, 4.69) is 4.72 Å². The first-order chi connectivity index (χ1) is 15.1. The van der Waals surface area contributed by atoms with Gasteiger partial charge < -0.3 is 14.6 Å². The normalized spacial score (nSPS) is 19.8. The number of rotatable bonds is 9. The van der Waals surface area contributed by atoms with Gasteiger partial charge in [-0.25, -0.2) is 8.93 Å². The van der Waals surface area contributed by atoms with Crippen molar-refractivity contribution >= 4 is 50.9 Å². The Hall–Kier alpha value is -1.35. The molecule has 2 aromatic carbocycles. The Balaban J connectivity index is 1.71. The highest BCUT2D eigenvalue weighted by Gasteiger charge is 2.32. The fraction of sp³-hybridized carbons (Fsp3) is 0.409. The molecule has 1 aliphatic rings. The summed E-state index contributed by atoms with van der Waals surface area (Å²) < 4.78 is 25.3. The zero-order valence-corrected chi connectivity index (χ0v) is 20.7. The second-order valence-corrected chi connectivity index (χ2v) is 10.3. The van der Waals surface area contributed by atoms with Crippen molar-refractivity contribution in [2.24, 2.45) is 5.92 Å². The molecular formula is C22H24Cl3NO5S. The number of ether oxygens (including phenoxy) is 2. The van der Waals surface area contributed by atoms with Crippen molar-refractivity contribution in [2.75, 3.05) is 25.6 Å². The van der Waals surface area contributed by atoms with Crippen molar-refractivity contribution in [2.45, 2.75) is 25.4 Å². The molecule has 6 nitrogen and oxygen atoms in total. The third-order valence-electron chi connectivity index (χ3n) is 5.32. The van der Waals surface area contributed by atoms with Gasteiger partial charge in [0.15, 0.2) is 16.7 Å². The van der Waals surface area contributed by atoms with E-state index in [4.69, 9.17) is 44.3 Å². The first-order valence-corrected chi connectivity index (χ1v) is 12.4. The molecule has 0 spiro atoms. The summed E-state index contributed by atoms with van der Waals surface area (Å²) in [6, 6.07) is 11.1. The molecule has 174 valence electrons. The third-order valence-corrected chi connectivity index (χ3v) is 7.37. The maximum absolute atomic E-state index is 11.7. The predicted octanol–water partition coefficient (Wildman–Crippen LogP) is 4.09. The average Bonchev–Trinajstić information content (AvgIpc) is 3.09. The van der Waals surface area contributed by atoms with Gasteiger partial charge in [0.05, 0.1) is 21.8 Å². The van der Waals surface area contributed by atoms with Crippen LogP contribution in [0.25, 0.3) is 0 Å². The first kappa shape index (κ1) is 25.3. The van der Waals surface area contributed by atoms with Crippen LogP contribution in [0.15, 0.2) is 36.4 Å². The van der Waals surface area contributed by atoms with Gasteiger partial charge in [-0.1, -0.05) is 49.2 Å². The highest BCUT2D eigenvalue weighted by atomic mass is 35.5. The minimum absolute atomic E-state index is 0.00836. The van der Waals surface area contributed by atoms with E-state index in [1.165, 1.54) is 0 Å². The van der Waals surface area contributed by atoms with Crippen LogP contribution in [0.4, 0.5) is 0 Å². The van der Waals surface area contributed by atoms with Crippen molar-refractivity contribution in [1.82, 2.24) is 4.72 Å². The number of carbonyl (C=O) groups excluding carboxylic acids is 1. The molecule has 3 rings (SSSR count). The van der Waals surface area contributed by atoms with Crippen molar-refractivity contribution in [3.63, 3.8) is 0 Å². The van der Waals surface area contributed by atoms with Crippen molar-refractivity contribution in [1.29, 1.82) is 0 Å². The summed E-state index contributed by atoms with van der Waals surface area (Å²) in [6.07, 6.45) is -0.814. The van der Waals surface area contributed by atoms with Gasteiger partial charge >= 0.3 is 0 Å². The van der Waals surface area contributed by atoms with E-state index in [9.17, 15) is 14.1 Å². The van der Waals surface area contributed by atoms with E-state index >= 15 is 0 Å². The van der Waals surface area contributed by atoms with Crippen molar-refractivity contribution in [3.05, 3.63) is 57.6 Å². The smallest absolute Gasteiger partial charge is 0.241 e. The minimum atomic E-state index is -1.62. The van der Waals surface area contributed by atoms with Gasteiger partial charge in [0.2, 0.25) is 5.12 Å². The SMILES string of the molecule is CC(C)(c1ccc(OCC2CNS(=O)C2=O)cc1)c1cc(Cl)c(OCC(O)CCl)c(Cl)c1. The summed E-state index contributed by atoms with van der Waals surface area (Å²) in [5.74, 6) is 0.556. The second-order valence-electron chi connectivity index (χ2n) is 7.98. The molecule has 2 aromatic rings. The van der Waals surface area contributed by atoms with E-state index in [0.29, 0.717) is 28.1 Å². The molecular weight excluding hydrogens is 497 g/mol. The van der Waals surface area contributed by atoms with Crippen LogP contribution >= 0.6 is 34.8 Å². The number of aliphatic hydroxyl groups excluding tert-OH is 1. The topological polar surface area (TPSA) is 84.9 Å². The minimum Gasteiger partial charge on any atom is -0.493 e. The van der Waals surface area contributed by atoms with Crippen LogP contribution in [-0.2, 0) is 21.2 Å². The number of halogens is 3. The highest BCUT2D eigenvalue weighted by molar-refractivity contribution is 7.99. The molecule has 32 heavy (non-hydrogen) atoms. The van der Waals surface area contributed by atoms with Gasteiger partial charge in [0.1, 0.15) is 25.1 Å². The van der Waals surface area contributed by atoms with Gasteiger partial charge in [-0.05, 0) is 35.4 Å². The van der Waals surface area contributed by atoms with Crippen LogP contribution < -0.4 is 14.2 Å². The number of nitrogens with one attached hydrogen (secondary N) is 1. The quantitative estimate of drug-likeness (QED) is 0.487. The summed E-state index contributed by atoms with van der Waals surface area (Å²) in [4.78, 5) is 11.7. The largest absolute Gasteiger partial charge is 0.493 e. The van der Waals surface area contributed by atoms with Gasteiger partial charge in [0.25, 0.3) is 0 Å². The molecule has 0 bridgehead atoms. The standard InChI is InChI=1S/C22H24Cl3NO5S/c1-22(2,15-7-18(24)20(19(25)8-15)31-12-16(27)9-23)14-3-5-17(6-4-14)30-11-13-10-26-32(29)21(13)28/h3-8,13,16,26-27H,9-12H2,1-2H3. The Morgan fingerprint density at radius 1 is 1.16 bits per heavy atom. The van der Waals surface area contributed by atoms with Crippen molar-refractivity contribution < 1.29 is 23.6 Å². The Morgan fingerprint density at radius 2 is 1.78 bits per heavy atom. The fourth-order valence-electron chi connectivity index (χ4n) is 3.22. The molecule has 3 unspecified atom stereocenters. The molecule has 10 heteroatoms. The Bertz CT molecular complexity index is 977. The van der Waals surface area contributed by atoms with Gasteiger partial charge in [0, 0.05) is 12.0 Å². The van der Waals surface area contributed by atoms with E-state index in [-0.39, 0.29) is 24.2 Å². The van der Waals surface area contributed by atoms with Crippen LogP contribution in [0.2, 0.25) is 10.0 Å². The maximum Gasteiger partial charge on any atom is 0.241 e. The molecule has 2 N–H and O–H groups in total. The first-order valence-electron chi connectivity index (χ1n) is 9.92. The summed E-state index contributed by atoms with van der Waals surface area (Å²) in [5, 5.41) is 9.95. The zero-order chi connectivity index (χ0) is 23.5. The summed E-state index contributed by atoms with van der Waals surface area (Å²) >= 11 is 18.4. The van der Waals surface area contributed by atoms with Crippen LogP contribution in [0.5, 0.6) is 11.5 Å². The number of carbonyl (C=O) groups is 1. The van der Waals surface area contributed by atoms with Crippen LogP contribution in [0, 0.1) is 5.92 Å². The number of hydrogen-bond donors (Lipinski definition) is 2. The van der Waals surface area contributed by atoms with E-state index < -0.39 is 28.4 Å². The Kier molecular flexibility index (Phi) is 8.47. The lowest BCUT2D eigenvalue weighted by atomic mass is 9.78. The molecule has 1 aliphatic heterocycles. The Labute approximate surface area is 204 Å². The molecule has 1 fully saturated rings. The summed E-state index contributed by atoms with van der Waals surface area (Å²) in [5.41, 5.74) is 1.46. The highest BCUT2D eigenvalue weighted by Crippen LogP contribution is 2.40. The van der Waals surface area contributed by atoms with Crippen LogP contribution in [0.3, 0.4) is 0 Å². The lowest BCUT2D eigenvalue weighted by Gasteiger charge is -2.27. The number of alkyl halides is 1. The molecule has 0 saturated carbocycles. The molecule has 0 radical (unpaired) electrons. The summed E-state index contributed by atoms with van der Waals surface area (Å²) in [7, 11) is -1.62. The monoisotopic (exact) mass is 519 g/mol. The zero-order valence-electron chi connectivity index (χ0n) is 17.6.